The van der Waals surface area contributed by atoms with Crippen LogP contribution in [0.25, 0.3) is 0 Å². The van der Waals surface area contributed by atoms with E-state index in [9.17, 15) is 4.79 Å². The van der Waals surface area contributed by atoms with E-state index in [-0.39, 0.29) is 12.5 Å². The van der Waals surface area contributed by atoms with Crippen molar-refractivity contribution in [1.82, 2.24) is 0 Å². The number of hydrogen-bond acceptors (Lipinski definition) is 3. The number of carbonyl (C=O) groups excluding carboxylic acids is 1. The molecule has 1 N–H and O–H groups in total. The minimum atomic E-state index is -0.489. The molecule has 1 aromatic carbocycles. The van der Waals surface area contributed by atoms with Gasteiger partial charge in [0.1, 0.15) is 12.1 Å². The van der Waals surface area contributed by atoms with Gasteiger partial charge in [-0.15, -0.1) is 0 Å². The Kier molecular flexibility index (Phi) is 4.66. The highest BCUT2D eigenvalue weighted by Crippen LogP contribution is 2.29. The third kappa shape index (κ3) is 4.84. The lowest BCUT2D eigenvalue weighted by molar-refractivity contribution is -0.152. The Balaban J connectivity index is 2.56. The van der Waals surface area contributed by atoms with Gasteiger partial charge < -0.3 is 10.1 Å². The van der Waals surface area contributed by atoms with E-state index < -0.39 is 5.60 Å². The number of carbonyl (C=O) groups is 1. The van der Waals surface area contributed by atoms with Crippen molar-refractivity contribution in [3.63, 3.8) is 0 Å². The van der Waals surface area contributed by atoms with Crippen molar-refractivity contribution < 1.29 is 9.53 Å². The van der Waals surface area contributed by atoms with Crippen molar-refractivity contribution in [3.05, 3.63) is 28.2 Å². The molecule has 94 valence electrons. The second-order valence-electron chi connectivity index (χ2n) is 4.54. The molecule has 5 heteroatoms. The van der Waals surface area contributed by atoms with Crippen molar-refractivity contribution in [2.45, 2.75) is 26.4 Å². The fourth-order valence-electron chi connectivity index (χ4n) is 1.19. The normalized spacial score (nSPS) is 11.1. The molecule has 0 aliphatic carbocycles. The van der Waals surface area contributed by atoms with Crippen LogP contribution in [-0.4, -0.2) is 18.1 Å². The highest BCUT2D eigenvalue weighted by Gasteiger charge is 2.16. The zero-order valence-corrected chi connectivity index (χ0v) is 11.5. The summed E-state index contributed by atoms with van der Waals surface area (Å²) in [6.07, 6.45) is 0. The van der Waals surface area contributed by atoms with Gasteiger partial charge in [0.05, 0.1) is 15.7 Å². The van der Waals surface area contributed by atoms with Crippen LogP contribution >= 0.6 is 23.2 Å². The molecule has 17 heavy (non-hydrogen) atoms. The maximum absolute atomic E-state index is 11.5. The first kappa shape index (κ1) is 14.1. The van der Waals surface area contributed by atoms with Crippen molar-refractivity contribution in [1.29, 1.82) is 0 Å². The van der Waals surface area contributed by atoms with Gasteiger partial charge in [-0.05, 0) is 32.9 Å². The van der Waals surface area contributed by atoms with E-state index in [2.05, 4.69) is 5.32 Å². The molecule has 0 unspecified atom stereocenters. The van der Waals surface area contributed by atoms with Crippen LogP contribution in [0, 0.1) is 0 Å². The SMILES string of the molecule is CC(C)(C)OC(=O)CNc1cccc(Cl)c1Cl. The van der Waals surface area contributed by atoms with Crippen LogP contribution in [0.5, 0.6) is 0 Å². The van der Waals surface area contributed by atoms with Gasteiger partial charge in [0.15, 0.2) is 0 Å². The summed E-state index contributed by atoms with van der Waals surface area (Å²) >= 11 is 11.8. The topological polar surface area (TPSA) is 38.3 Å². The van der Waals surface area contributed by atoms with E-state index in [1.165, 1.54) is 0 Å². The third-order valence-corrected chi connectivity index (χ3v) is 2.61. The van der Waals surface area contributed by atoms with E-state index in [1.807, 2.05) is 20.8 Å². The van der Waals surface area contributed by atoms with E-state index in [1.54, 1.807) is 18.2 Å². The van der Waals surface area contributed by atoms with Gasteiger partial charge in [0, 0.05) is 0 Å². The fourth-order valence-corrected chi connectivity index (χ4v) is 1.55. The van der Waals surface area contributed by atoms with Crippen LogP contribution in [0.15, 0.2) is 18.2 Å². The monoisotopic (exact) mass is 275 g/mol. The molecule has 1 rings (SSSR count). The van der Waals surface area contributed by atoms with Crippen LogP contribution in [-0.2, 0) is 9.53 Å². The molecular formula is C12H15Cl2NO2. The van der Waals surface area contributed by atoms with Gasteiger partial charge in [0.2, 0.25) is 0 Å². The molecule has 0 spiro atoms. The summed E-state index contributed by atoms with van der Waals surface area (Å²) in [6.45, 7) is 5.50. The molecule has 0 aliphatic rings. The lowest BCUT2D eigenvalue weighted by Gasteiger charge is -2.20. The molecule has 0 atom stereocenters. The number of rotatable bonds is 3. The van der Waals surface area contributed by atoms with Crippen LogP contribution < -0.4 is 5.32 Å². The van der Waals surface area contributed by atoms with Gasteiger partial charge in [-0.1, -0.05) is 29.3 Å². The Morgan fingerprint density at radius 1 is 1.35 bits per heavy atom. The number of anilines is 1. The lowest BCUT2D eigenvalue weighted by atomic mass is 10.2. The number of nitrogens with one attached hydrogen (secondary N) is 1. The third-order valence-electron chi connectivity index (χ3n) is 1.79. The maximum atomic E-state index is 11.5. The number of esters is 1. The van der Waals surface area contributed by atoms with E-state index in [0.29, 0.717) is 15.7 Å². The molecule has 0 heterocycles. The summed E-state index contributed by atoms with van der Waals surface area (Å²) in [5.74, 6) is -0.339. The van der Waals surface area contributed by atoms with Crippen molar-refractivity contribution in [3.8, 4) is 0 Å². The minimum absolute atomic E-state index is 0.0529. The molecule has 0 saturated carbocycles. The van der Waals surface area contributed by atoms with Crippen LogP contribution in [0.3, 0.4) is 0 Å². The van der Waals surface area contributed by atoms with Crippen LogP contribution in [0.2, 0.25) is 10.0 Å². The Bertz CT molecular complexity index is 413. The maximum Gasteiger partial charge on any atom is 0.325 e. The molecule has 0 aromatic heterocycles. The first-order valence-electron chi connectivity index (χ1n) is 5.19. The minimum Gasteiger partial charge on any atom is -0.459 e. The van der Waals surface area contributed by atoms with Gasteiger partial charge in [-0.2, -0.15) is 0 Å². The number of halogens is 2. The molecule has 0 radical (unpaired) electrons. The fraction of sp³-hybridized carbons (Fsp3) is 0.417. The molecule has 0 amide bonds. The molecule has 0 bridgehead atoms. The van der Waals surface area contributed by atoms with E-state index in [4.69, 9.17) is 27.9 Å². The largest absolute Gasteiger partial charge is 0.459 e. The van der Waals surface area contributed by atoms with Gasteiger partial charge >= 0.3 is 5.97 Å². The highest BCUT2D eigenvalue weighted by atomic mass is 35.5. The Labute approximate surface area is 111 Å². The summed E-state index contributed by atoms with van der Waals surface area (Å²) in [5, 5.41) is 3.73. The zero-order valence-electron chi connectivity index (χ0n) is 10.0. The number of benzene rings is 1. The molecular weight excluding hydrogens is 261 g/mol. The lowest BCUT2D eigenvalue weighted by Crippen LogP contribution is -2.28. The smallest absolute Gasteiger partial charge is 0.325 e. The summed E-state index contributed by atoms with van der Waals surface area (Å²) in [6, 6.07) is 5.19. The summed E-state index contributed by atoms with van der Waals surface area (Å²) < 4.78 is 5.15. The summed E-state index contributed by atoms with van der Waals surface area (Å²) in [5.41, 5.74) is 0.127. The average molecular weight is 276 g/mol. The first-order valence-corrected chi connectivity index (χ1v) is 5.95. The van der Waals surface area contributed by atoms with Gasteiger partial charge in [-0.3, -0.25) is 4.79 Å². The predicted molar refractivity (Wildman–Crippen MR) is 70.8 cm³/mol. The Morgan fingerprint density at radius 2 is 2.00 bits per heavy atom. The molecule has 0 saturated heterocycles. The quantitative estimate of drug-likeness (QED) is 0.854. The second-order valence-corrected chi connectivity index (χ2v) is 5.33. The number of hydrogen-bond donors (Lipinski definition) is 1. The Hall–Kier alpha value is -0.930. The average Bonchev–Trinajstić information content (AvgIpc) is 2.18. The van der Waals surface area contributed by atoms with Crippen molar-refractivity contribution >= 4 is 34.9 Å². The molecule has 0 fully saturated rings. The Morgan fingerprint density at radius 3 is 2.59 bits per heavy atom. The molecule has 3 nitrogen and oxygen atoms in total. The standard InChI is InChI=1S/C12H15Cl2NO2/c1-12(2,3)17-10(16)7-15-9-6-4-5-8(13)11(9)14/h4-6,15H,7H2,1-3H3. The van der Waals surface area contributed by atoms with Gasteiger partial charge in [-0.25, -0.2) is 0 Å². The van der Waals surface area contributed by atoms with E-state index >= 15 is 0 Å². The molecule has 0 aliphatic heterocycles. The summed E-state index contributed by atoms with van der Waals surface area (Å²) in [4.78, 5) is 11.5. The van der Waals surface area contributed by atoms with Crippen LogP contribution in [0.4, 0.5) is 5.69 Å². The molecule has 1 aromatic rings. The van der Waals surface area contributed by atoms with Crippen molar-refractivity contribution in [2.75, 3.05) is 11.9 Å². The van der Waals surface area contributed by atoms with Crippen LogP contribution in [0.1, 0.15) is 20.8 Å². The van der Waals surface area contributed by atoms with E-state index in [0.717, 1.165) is 0 Å². The summed E-state index contributed by atoms with van der Waals surface area (Å²) in [7, 11) is 0. The zero-order chi connectivity index (χ0) is 13.1. The van der Waals surface area contributed by atoms with Crippen molar-refractivity contribution in [2.24, 2.45) is 0 Å². The number of ether oxygens (including phenoxy) is 1. The highest BCUT2D eigenvalue weighted by molar-refractivity contribution is 6.43. The second kappa shape index (κ2) is 5.61. The predicted octanol–water partition coefficient (Wildman–Crippen LogP) is 3.75. The first-order chi connectivity index (χ1) is 7.79. The van der Waals surface area contributed by atoms with Gasteiger partial charge in [0.25, 0.3) is 0 Å².